The van der Waals surface area contributed by atoms with Crippen LogP contribution in [0.3, 0.4) is 0 Å². The minimum atomic E-state index is -4.63. The third kappa shape index (κ3) is 4.42. The second-order valence-corrected chi connectivity index (χ2v) is 7.33. The minimum absolute atomic E-state index is 0.0118. The molecule has 10 heteroatoms. The quantitative estimate of drug-likeness (QED) is 0.378. The Kier molecular flexibility index (Phi) is 5.97. The van der Waals surface area contributed by atoms with Gasteiger partial charge < -0.3 is 14.8 Å². The van der Waals surface area contributed by atoms with Crippen molar-refractivity contribution in [3.8, 4) is 5.88 Å². The predicted octanol–water partition coefficient (Wildman–Crippen LogP) is 5.66. The Morgan fingerprint density at radius 3 is 2.53 bits per heavy atom. The van der Waals surface area contributed by atoms with Crippen LogP contribution in [0.25, 0.3) is 10.9 Å². The molecule has 0 aliphatic heterocycles. The first-order chi connectivity index (χ1) is 16.2. The van der Waals surface area contributed by atoms with Gasteiger partial charge in [0.1, 0.15) is 5.69 Å². The van der Waals surface area contributed by atoms with Crippen LogP contribution in [0.15, 0.2) is 71.9 Å². The van der Waals surface area contributed by atoms with Crippen molar-refractivity contribution < 1.29 is 27.8 Å². The number of carbonyl (C=O) groups excluding carboxylic acids is 1. The van der Waals surface area contributed by atoms with Crippen molar-refractivity contribution in [3.05, 3.63) is 83.7 Å². The van der Waals surface area contributed by atoms with E-state index in [1.165, 1.54) is 25.1 Å². The standard InChI is InChI=1S/C24H19F3N4O3/c1-31(23(33)34-2)16-8-9-18-17(13-16)20(22(32)30-18)21(14-6-4-3-5-7-14)29-15-10-11-28-19(12-15)24(25,26)27/h3-13,30,32H,1-2H3. The molecule has 0 unspecified atom stereocenters. The van der Waals surface area contributed by atoms with E-state index < -0.39 is 18.0 Å². The highest BCUT2D eigenvalue weighted by Gasteiger charge is 2.32. The molecule has 0 spiro atoms. The Balaban J connectivity index is 1.95. The molecule has 0 saturated heterocycles. The Hall–Kier alpha value is -4.34. The summed E-state index contributed by atoms with van der Waals surface area (Å²) in [5, 5.41) is 11.3. The molecule has 0 aliphatic carbocycles. The highest BCUT2D eigenvalue weighted by molar-refractivity contribution is 6.22. The molecule has 0 fully saturated rings. The lowest BCUT2D eigenvalue weighted by Gasteiger charge is -2.16. The molecule has 0 radical (unpaired) electrons. The average Bonchev–Trinajstić information content (AvgIpc) is 3.16. The number of nitrogens with one attached hydrogen (secondary N) is 1. The van der Waals surface area contributed by atoms with Gasteiger partial charge in [-0.2, -0.15) is 13.2 Å². The van der Waals surface area contributed by atoms with Crippen molar-refractivity contribution in [1.29, 1.82) is 0 Å². The lowest BCUT2D eigenvalue weighted by molar-refractivity contribution is -0.141. The van der Waals surface area contributed by atoms with Crippen molar-refractivity contribution in [2.24, 2.45) is 4.99 Å². The summed E-state index contributed by atoms with van der Waals surface area (Å²) >= 11 is 0. The van der Waals surface area contributed by atoms with E-state index in [0.29, 0.717) is 22.2 Å². The number of carbonyl (C=O) groups is 1. The second-order valence-electron chi connectivity index (χ2n) is 7.33. The number of anilines is 1. The van der Waals surface area contributed by atoms with Crippen LogP contribution in [-0.4, -0.2) is 41.0 Å². The summed E-state index contributed by atoms with van der Waals surface area (Å²) in [6, 6.07) is 15.9. The molecule has 174 valence electrons. The van der Waals surface area contributed by atoms with Crippen LogP contribution in [0, 0.1) is 0 Å². The zero-order valence-electron chi connectivity index (χ0n) is 18.1. The molecule has 4 rings (SSSR count). The molecule has 0 saturated carbocycles. The van der Waals surface area contributed by atoms with Gasteiger partial charge in [-0.05, 0) is 30.3 Å². The van der Waals surface area contributed by atoms with Gasteiger partial charge in [-0.1, -0.05) is 30.3 Å². The molecule has 2 heterocycles. The van der Waals surface area contributed by atoms with Crippen molar-refractivity contribution in [2.45, 2.75) is 6.18 Å². The van der Waals surface area contributed by atoms with Gasteiger partial charge in [-0.25, -0.2) is 9.79 Å². The lowest BCUT2D eigenvalue weighted by atomic mass is 10.0. The fraction of sp³-hybridized carbons (Fsp3) is 0.125. The summed E-state index contributed by atoms with van der Waals surface area (Å²) in [6.45, 7) is 0. The van der Waals surface area contributed by atoms with Gasteiger partial charge in [0.05, 0.1) is 24.1 Å². The summed E-state index contributed by atoms with van der Waals surface area (Å²) in [4.78, 5) is 24.0. The first kappa shape index (κ1) is 22.8. The number of hydrogen-bond acceptors (Lipinski definition) is 5. The molecule has 34 heavy (non-hydrogen) atoms. The number of methoxy groups -OCH3 is 1. The SMILES string of the molecule is COC(=O)N(C)c1ccc2[nH]c(O)c(C(=Nc3ccnc(C(F)(F)F)c3)c3ccccc3)c2c1. The maximum absolute atomic E-state index is 13.2. The smallest absolute Gasteiger partial charge is 0.433 e. The topological polar surface area (TPSA) is 90.8 Å². The van der Waals surface area contributed by atoms with E-state index in [1.54, 1.807) is 48.5 Å². The van der Waals surface area contributed by atoms with Crippen molar-refractivity contribution in [1.82, 2.24) is 9.97 Å². The normalized spacial score (nSPS) is 12.1. The number of rotatable bonds is 4. The van der Waals surface area contributed by atoms with Gasteiger partial charge >= 0.3 is 12.3 Å². The maximum Gasteiger partial charge on any atom is 0.433 e. The van der Waals surface area contributed by atoms with E-state index in [9.17, 15) is 23.1 Å². The largest absolute Gasteiger partial charge is 0.494 e. The summed E-state index contributed by atoms with van der Waals surface area (Å²) in [5.41, 5.74) is 1.03. The number of halogens is 3. The highest BCUT2D eigenvalue weighted by atomic mass is 19.4. The molecular formula is C24H19F3N4O3. The first-order valence-electron chi connectivity index (χ1n) is 10.0. The fourth-order valence-electron chi connectivity index (χ4n) is 3.49. The van der Waals surface area contributed by atoms with Gasteiger partial charge in [0, 0.05) is 35.4 Å². The third-order valence-corrected chi connectivity index (χ3v) is 5.16. The van der Waals surface area contributed by atoms with E-state index in [2.05, 4.69) is 15.0 Å². The number of H-pyrrole nitrogens is 1. The van der Waals surface area contributed by atoms with E-state index in [4.69, 9.17) is 4.74 Å². The van der Waals surface area contributed by atoms with Gasteiger partial charge in [-0.3, -0.25) is 9.88 Å². The van der Waals surface area contributed by atoms with Gasteiger partial charge in [0.2, 0.25) is 0 Å². The molecule has 0 aliphatic rings. The van der Waals surface area contributed by atoms with Crippen LogP contribution in [0.1, 0.15) is 16.8 Å². The number of aliphatic imine (C=N–C) groups is 1. The minimum Gasteiger partial charge on any atom is -0.494 e. The number of ether oxygens (including phenoxy) is 1. The maximum atomic E-state index is 13.2. The van der Waals surface area contributed by atoms with Crippen LogP contribution in [0.4, 0.5) is 29.3 Å². The predicted molar refractivity (Wildman–Crippen MR) is 122 cm³/mol. The number of aromatic amines is 1. The number of nitrogens with zero attached hydrogens (tertiary/aromatic N) is 3. The van der Waals surface area contributed by atoms with Gasteiger partial charge in [0.15, 0.2) is 5.88 Å². The van der Waals surface area contributed by atoms with Crippen LogP contribution in [0.2, 0.25) is 0 Å². The Labute approximate surface area is 192 Å². The number of hydrogen-bond donors (Lipinski definition) is 2. The molecular weight excluding hydrogens is 449 g/mol. The number of aromatic hydroxyl groups is 1. The van der Waals surface area contributed by atoms with E-state index >= 15 is 0 Å². The van der Waals surface area contributed by atoms with Crippen LogP contribution in [-0.2, 0) is 10.9 Å². The number of alkyl halides is 3. The molecule has 7 nitrogen and oxygen atoms in total. The highest BCUT2D eigenvalue weighted by Crippen LogP contribution is 2.35. The second kappa shape index (κ2) is 8.89. The van der Waals surface area contributed by atoms with E-state index in [-0.39, 0.29) is 22.8 Å². The van der Waals surface area contributed by atoms with E-state index in [0.717, 1.165) is 12.3 Å². The molecule has 0 bridgehead atoms. The van der Waals surface area contributed by atoms with Crippen LogP contribution >= 0.6 is 0 Å². The van der Waals surface area contributed by atoms with Crippen molar-refractivity contribution in [3.63, 3.8) is 0 Å². The Morgan fingerprint density at radius 1 is 1.12 bits per heavy atom. The van der Waals surface area contributed by atoms with Gasteiger partial charge in [0.25, 0.3) is 0 Å². The number of pyridine rings is 1. The fourth-order valence-corrected chi connectivity index (χ4v) is 3.49. The summed E-state index contributed by atoms with van der Waals surface area (Å²) in [5.74, 6) is -0.222. The van der Waals surface area contributed by atoms with Crippen LogP contribution in [0.5, 0.6) is 5.88 Å². The molecule has 4 aromatic rings. The van der Waals surface area contributed by atoms with Crippen molar-refractivity contribution in [2.75, 3.05) is 19.1 Å². The zero-order chi connectivity index (χ0) is 24.5. The molecule has 0 atom stereocenters. The first-order valence-corrected chi connectivity index (χ1v) is 10.0. The number of aromatic nitrogens is 2. The lowest BCUT2D eigenvalue weighted by Crippen LogP contribution is -2.25. The zero-order valence-corrected chi connectivity index (χ0v) is 18.1. The van der Waals surface area contributed by atoms with Crippen molar-refractivity contribution >= 4 is 34.1 Å². The summed E-state index contributed by atoms with van der Waals surface area (Å²) in [6.07, 6.45) is -4.19. The molecule has 1 amide bonds. The molecule has 2 aromatic heterocycles. The monoisotopic (exact) mass is 468 g/mol. The summed E-state index contributed by atoms with van der Waals surface area (Å²) < 4.78 is 44.3. The van der Waals surface area contributed by atoms with E-state index in [1.807, 2.05) is 0 Å². The molecule has 2 aromatic carbocycles. The average molecular weight is 468 g/mol. The number of benzene rings is 2. The van der Waals surface area contributed by atoms with Crippen LogP contribution < -0.4 is 4.90 Å². The third-order valence-electron chi connectivity index (χ3n) is 5.16. The molecule has 2 N–H and O–H groups in total. The Bertz CT molecular complexity index is 1380. The van der Waals surface area contributed by atoms with Gasteiger partial charge in [-0.15, -0.1) is 0 Å². The summed E-state index contributed by atoms with van der Waals surface area (Å²) in [7, 11) is 2.79. The Morgan fingerprint density at radius 2 is 1.85 bits per heavy atom. The number of amides is 1. The number of fused-ring (bicyclic) bond motifs is 1.